The van der Waals surface area contributed by atoms with Crippen LogP contribution < -0.4 is 10.6 Å². The van der Waals surface area contributed by atoms with E-state index in [9.17, 15) is 9.59 Å². The van der Waals surface area contributed by atoms with E-state index in [0.717, 1.165) is 22.4 Å². The van der Waals surface area contributed by atoms with Crippen LogP contribution in [0.3, 0.4) is 0 Å². The van der Waals surface area contributed by atoms with Gasteiger partial charge in [0.1, 0.15) is 0 Å². The average molecular weight is 374 g/mol. The molecule has 0 aliphatic heterocycles. The second kappa shape index (κ2) is 9.36. The van der Waals surface area contributed by atoms with Crippen LogP contribution in [-0.2, 0) is 16.1 Å². The van der Waals surface area contributed by atoms with E-state index in [-0.39, 0.29) is 24.9 Å². The Bertz CT molecular complexity index is 772. The van der Waals surface area contributed by atoms with Crippen LogP contribution in [0.2, 0.25) is 5.02 Å². The summed E-state index contributed by atoms with van der Waals surface area (Å²) < 4.78 is 0. The van der Waals surface area contributed by atoms with Crippen LogP contribution in [0.25, 0.3) is 0 Å². The first-order valence-corrected chi connectivity index (χ1v) is 8.79. The van der Waals surface area contributed by atoms with E-state index in [2.05, 4.69) is 10.6 Å². The quantitative estimate of drug-likeness (QED) is 0.783. The minimum atomic E-state index is -0.246. The minimum absolute atomic E-state index is 0.0630. The fourth-order valence-electron chi connectivity index (χ4n) is 2.65. The number of likely N-dealkylation sites (N-methyl/N-ethyl adjacent to an activating group) is 1. The summed E-state index contributed by atoms with van der Waals surface area (Å²) in [6.07, 6.45) is 0. The predicted octanol–water partition coefficient (Wildman–Crippen LogP) is 3.14. The van der Waals surface area contributed by atoms with Gasteiger partial charge in [-0.1, -0.05) is 48.0 Å². The molecule has 0 aromatic heterocycles. The van der Waals surface area contributed by atoms with Crippen molar-refractivity contribution in [1.29, 1.82) is 0 Å². The van der Waals surface area contributed by atoms with Gasteiger partial charge in [-0.2, -0.15) is 0 Å². The average Bonchev–Trinajstić information content (AvgIpc) is 2.58. The number of hydrogen-bond acceptors (Lipinski definition) is 3. The van der Waals surface area contributed by atoms with Crippen molar-refractivity contribution in [3.63, 3.8) is 0 Å². The van der Waals surface area contributed by atoms with E-state index >= 15 is 0 Å². The third-order valence-corrected chi connectivity index (χ3v) is 4.37. The molecule has 0 unspecified atom stereocenters. The van der Waals surface area contributed by atoms with Crippen LogP contribution in [0.15, 0.2) is 42.5 Å². The highest BCUT2D eigenvalue weighted by Gasteiger charge is 2.11. The lowest BCUT2D eigenvalue weighted by molar-refractivity contribution is -0.124. The molecule has 0 aliphatic rings. The summed E-state index contributed by atoms with van der Waals surface area (Å²) in [6.45, 7) is 4.55. The van der Waals surface area contributed by atoms with Crippen molar-refractivity contribution < 1.29 is 9.59 Å². The number of benzene rings is 2. The molecule has 0 heterocycles. The molecule has 26 heavy (non-hydrogen) atoms. The summed E-state index contributed by atoms with van der Waals surface area (Å²) in [4.78, 5) is 26.0. The molecule has 0 saturated heterocycles. The zero-order chi connectivity index (χ0) is 19.1. The first kappa shape index (κ1) is 19.9. The number of carbonyl (C=O) groups is 2. The molecular formula is C20H24ClN3O2. The lowest BCUT2D eigenvalue weighted by Gasteiger charge is -2.17. The third kappa shape index (κ3) is 5.86. The van der Waals surface area contributed by atoms with E-state index in [4.69, 9.17) is 11.6 Å². The summed E-state index contributed by atoms with van der Waals surface area (Å²) >= 11 is 6.13. The van der Waals surface area contributed by atoms with E-state index in [1.165, 1.54) is 0 Å². The van der Waals surface area contributed by atoms with E-state index in [1.807, 2.05) is 68.3 Å². The molecule has 0 spiro atoms. The zero-order valence-corrected chi connectivity index (χ0v) is 16.1. The molecule has 6 heteroatoms. The van der Waals surface area contributed by atoms with Gasteiger partial charge in [0.25, 0.3) is 0 Å². The second-order valence-electron chi connectivity index (χ2n) is 6.36. The van der Waals surface area contributed by atoms with Crippen molar-refractivity contribution in [1.82, 2.24) is 10.2 Å². The first-order chi connectivity index (χ1) is 12.4. The maximum Gasteiger partial charge on any atom is 0.243 e. The smallest absolute Gasteiger partial charge is 0.243 e. The fraction of sp³-hybridized carbons (Fsp3) is 0.300. The molecule has 0 bridgehead atoms. The Labute approximate surface area is 159 Å². The topological polar surface area (TPSA) is 61.4 Å². The zero-order valence-electron chi connectivity index (χ0n) is 15.3. The lowest BCUT2D eigenvalue weighted by Crippen LogP contribution is -2.39. The Hall–Kier alpha value is -2.37. The molecule has 2 aromatic rings. The van der Waals surface area contributed by atoms with Gasteiger partial charge < -0.3 is 10.6 Å². The van der Waals surface area contributed by atoms with Gasteiger partial charge >= 0.3 is 0 Å². The van der Waals surface area contributed by atoms with Crippen molar-refractivity contribution in [3.05, 3.63) is 64.2 Å². The summed E-state index contributed by atoms with van der Waals surface area (Å²) in [5.41, 5.74) is 3.73. The largest absolute Gasteiger partial charge is 0.346 e. The number of nitrogens with zero attached hydrogens (tertiary/aromatic N) is 1. The Kier molecular flexibility index (Phi) is 7.18. The van der Waals surface area contributed by atoms with Gasteiger partial charge in [0, 0.05) is 17.3 Å². The van der Waals surface area contributed by atoms with Gasteiger partial charge in [0.15, 0.2) is 0 Å². The highest BCUT2D eigenvalue weighted by atomic mass is 35.5. The molecule has 0 fully saturated rings. The van der Waals surface area contributed by atoms with Crippen LogP contribution in [0.5, 0.6) is 0 Å². The molecule has 0 radical (unpaired) electrons. The SMILES string of the molecule is Cc1cccc(C)c1NC(=O)CNC(=O)CN(C)Cc1ccccc1Cl. The first-order valence-electron chi connectivity index (χ1n) is 8.41. The number of aryl methyl sites for hydroxylation is 2. The summed E-state index contributed by atoms with van der Waals surface area (Å²) in [5.74, 6) is -0.458. The molecule has 2 N–H and O–H groups in total. The normalized spacial score (nSPS) is 10.7. The van der Waals surface area contributed by atoms with Gasteiger partial charge in [-0.05, 0) is 43.7 Å². The maximum absolute atomic E-state index is 12.1. The monoisotopic (exact) mass is 373 g/mol. The summed E-state index contributed by atoms with van der Waals surface area (Å²) in [5, 5.41) is 6.17. The van der Waals surface area contributed by atoms with E-state index < -0.39 is 0 Å². The van der Waals surface area contributed by atoms with Crippen molar-refractivity contribution in [2.75, 3.05) is 25.5 Å². The van der Waals surface area contributed by atoms with E-state index in [0.29, 0.717) is 11.6 Å². The molecule has 138 valence electrons. The number of carbonyl (C=O) groups excluding carboxylic acids is 2. The standard InChI is InChI=1S/C20H24ClN3O2/c1-14-7-6-8-15(2)20(14)23-18(25)11-22-19(26)13-24(3)12-16-9-4-5-10-17(16)21/h4-10H,11-13H2,1-3H3,(H,22,26)(H,23,25). The second-order valence-corrected chi connectivity index (χ2v) is 6.76. The highest BCUT2D eigenvalue weighted by Crippen LogP contribution is 2.19. The summed E-state index contributed by atoms with van der Waals surface area (Å²) in [6, 6.07) is 13.3. The number of para-hydroxylation sites is 1. The van der Waals surface area contributed by atoms with Crippen LogP contribution in [0, 0.1) is 13.8 Å². The Morgan fingerprint density at radius 2 is 1.65 bits per heavy atom. The van der Waals surface area contributed by atoms with Crippen molar-refractivity contribution in [3.8, 4) is 0 Å². The molecule has 2 amide bonds. The third-order valence-electron chi connectivity index (χ3n) is 4.00. The van der Waals surface area contributed by atoms with Crippen LogP contribution in [-0.4, -0.2) is 36.9 Å². The van der Waals surface area contributed by atoms with E-state index in [1.54, 1.807) is 0 Å². The number of hydrogen-bond donors (Lipinski definition) is 2. The van der Waals surface area contributed by atoms with Crippen LogP contribution >= 0.6 is 11.6 Å². The molecule has 5 nitrogen and oxygen atoms in total. The molecule has 2 rings (SSSR count). The Morgan fingerprint density at radius 1 is 1.00 bits per heavy atom. The lowest BCUT2D eigenvalue weighted by atomic mass is 10.1. The number of anilines is 1. The van der Waals surface area contributed by atoms with Gasteiger partial charge in [-0.15, -0.1) is 0 Å². The van der Waals surface area contributed by atoms with Crippen molar-refractivity contribution in [2.45, 2.75) is 20.4 Å². The summed E-state index contributed by atoms with van der Waals surface area (Å²) in [7, 11) is 1.83. The predicted molar refractivity (Wildman–Crippen MR) is 105 cm³/mol. The molecule has 0 saturated carbocycles. The molecule has 0 atom stereocenters. The number of nitrogens with one attached hydrogen (secondary N) is 2. The fourth-order valence-corrected chi connectivity index (χ4v) is 2.84. The maximum atomic E-state index is 12.1. The minimum Gasteiger partial charge on any atom is -0.346 e. The van der Waals surface area contributed by atoms with Gasteiger partial charge in [0.2, 0.25) is 11.8 Å². The molecule has 2 aromatic carbocycles. The number of halogens is 1. The molecule has 0 aliphatic carbocycles. The molecular weight excluding hydrogens is 350 g/mol. The van der Waals surface area contributed by atoms with Crippen LogP contribution in [0.4, 0.5) is 5.69 Å². The number of amides is 2. The van der Waals surface area contributed by atoms with Gasteiger partial charge in [-0.3, -0.25) is 14.5 Å². The highest BCUT2D eigenvalue weighted by molar-refractivity contribution is 6.31. The Balaban J connectivity index is 1.79. The number of rotatable bonds is 7. The van der Waals surface area contributed by atoms with Gasteiger partial charge in [-0.25, -0.2) is 0 Å². The Morgan fingerprint density at radius 3 is 2.31 bits per heavy atom. The van der Waals surface area contributed by atoms with Crippen molar-refractivity contribution in [2.24, 2.45) is 0 Å². The van der Waals surface area contributed by atoms with Crippen LogP contribution in [0.1, 0.15) is 16.7 Å². The van der Waals surface area contributed by atoms with Crippen molar-refractivity contribution >= 4 is 29.1 Å². The van der Waals surface area contributed by atoms with Gasteiger partial charge in [0.05, 0.1) is 13.1 Å².